The quantitative estimate of drug-likeness (QED) is 0.451. The minimum atomic E-state index is -0.600. The van der Waals surface area contributed by atoms with Crippen LogP contribution < -0.4 is 4.90 Å². The van der Waals surface area contributed by atoms with Crippen molar-refractivity contribution >= 4 is 45.5 Å². The number of hydrogen-bond donors (Lipinski definition) is 0. The van der Waals surface area contributed by atoms with Gasteiger partial charge in [0.05, 0.1) is 18.4 Å². The maximum absolute atomic E-state index is 13.1. The van der Waals surface area contributed by atoms with Gasteiger partial charge in [0.25, 0.3) is 5.91 Å². The number of aromatic nitrogens is 1. The molecular formula is C21H17ClN2O3S. The van der Waals surface area contributed by atoms with Crippen LogP contribution in [0.5, 0.6) is 0 Å². The van der Waals surface area contributed by atoms with E-state index in [1.807, 2.05) is 29.6 Å². The van der Waals surface area contributed by atoms with E-state index >= 15 is 0 Å². The van der Waals surface area contributed by atoms with Gasteiger partial charge in [-0.25, -0.2) is 9.78 Å². The van der Waals surface area contributed by atoms with Gasteiger partial charge in [0.15, 0.2) is 5.13 Å². The number of ether oxygens (including phenoxy) is 1. The first kappa shape index (κ1) is 19.8. The molecule has 0 saturated carbocycles. The normalized spacial score (nSPS) is 11.2. The molecule has 1 heterocycles. The summed E-state index contributed by atoms with van der Waals surface area (Å²) in [5.74, 6) is -0.965. The summed E-state index contributed by atoms with van der Waals surface area (Å²) >= 11 is 7.56. The highest BCUT2D eigenvalue weighted by atomic mass is 35.5. The number of amides is 1. The number of hydrogen-bond acceptors (Lipinski definition) is 5. The van der Waals surface area contributed by atoms with Crippen LogP contribution >= 0.6 is 22.9 Å². The molecule has 0 N–H and O–H groups in total. The lowest BCUT2D eigenvalue weighted by Crippen LogP contribution is -2.27. The van der Waals surface area contributed by atoms with Crippen molar-refractivity contribution < 1.29 is 14.3 Å². The predicted molar refractivity (Wildman–Crippen MR) is 112 cm³/mol. The average Bonchev–Trinajstić information content (AvgIpc) is 3.21. The van der Waals surface area contributed by atoms with Crippen molar-refractivity contribution in [3.05, 3.63) is 76.6 Å². The molecule has 0 unspecified atom stereocenters. The van der Waals surface area contributed by atoms with Crippen LogP contribution in [0.3, 0.4) is 0 Å². The van der Waals surface area contributed by atoms with E-state index in [1.54, 1.807) is 37.4 Å². The minimum absolute atomic E-state index is 0.226. The lowest BCUT2D eigenvalue weighted by atomic mass is 10.0. The summed E-state index contributed by atoms with van der Waals surface area (Å²) in [5, 5.41) is 2.92. The van der Waals surface area contributed by atoms with Gasteiger partial charge in [0.1, 0.15) is 0 Å². The Hall–Kier alpha value is -2.96. The minimum Gasteiger partial charge on any atom is -0.466 e. The topological polar surface area (TPSA) is 59.5 Å². The molecule has 1 amide bonds. The van der Waals surface area contributed by atoms with Gasteiger partial charge in [0, 0.05) is 29.1 Å². The number of carbonyl (C=O) groups is 2. The Labute approximate surface area is 171 Å². The average molecular weight is 413 g/mol. The van der Waals surface area contributed by atoms with E-state index in [0.717, 1.165) is 5.56 Å². The van der Waals surface area contributed by atoms with Gasteiger partial charge < -0.3 is 4.74 Å². The maximum atomic E-state index is 13.1. The largest absolute Gasteiger partial charge is 0.466 e. The number of halogens is 1. The van der Waals surface area contributed by atoms with E-state index < -0.39 is 5.97 Å². The number of rotatable bonds is 5. The fraction of sp³-hybridized carbons (Fsp3) is 0.0952. The lowest BCUT2D eigenvalue weighted by molar-refractivity contribution is -0.135. The van der Waals surface area contributed by atoms with Crippen LogP contribution in [-0.2, 0) is 14.3 Å². The summed E-state index contributed by atoms with van der Waals surface area (Å²) in [7, 11) is 2.89. The van der Waals surface area contributed by atoms with Crippen LogP contribution in [0.4, 0.5) is 5.13 Å². The number of likely N-dealkylation sites (N-methyl/N-ethyl adjacent to an activating group) is 1. The first-order valence-electron chi connectivity index (χ1n) is 8.35. The third kappa shape index (κ3) is 4.30. The zero-order valence-electron chi connectivity index (χ0n) is 15.3. The van der Waals surface area contributed by atoms with Crippen molar-refractivity contribution in [2.45, 2.75) is 0 Å². The Bertz CT molecular complexity index is 1030. The second kappa shape index (κ2) is 8.82. The highest BCUT2D eigenvalue weighted by Crippen LogP contribution is 2.32. The summed E-state index contributed by atoms with van der Waals surface area (Å²) in [6.07, 6.45) is 1.19. The predicted octanol–water partition coefficient (Wildman–Crippen LogP) is 4.68. The fourth-order valence-electron chi connectivity index (χ4n) is 2.54. The molecule has 0 atom stereocenters. The van der Waals surface area contributed by atoms with Crippen molar-refractivity contribution in [2.24, 2.45) is 0 Å². The molecule has 3 aromatic rings. The third-order valence-corrected chi connectivity index (χ3v) is 5.26. The molecule has 7 heteroatoms. The summed E-state index contributed by atoms with van der Waals surface area (Å²) in [4.78, 5) is 30.8. The number of carbonyl (C=O) groups excluding carboxylic acids is 2. The zero-order valence-corrected chi connectivity index (χ0v) is 16.8. The van der Waals surface area contributed by atoms with E-state index in [4.69, 9.17) is 16.3 Å². The summed E-state index contributed by atoms with van der Waals surface area (Å²) in [6.45, 7) is 0. The second-order valence-electron chi connectivity index (χ2n) is 5.81. The molecule has 0 saturated heterocycles. The molecule has 0 spiro atoms. The molecule has 0 aliphatic rings. The number of benzene rings is 2. The van der Waals surface area contributed by atoms with Gasteiger partial charge in [-0.15, -0.1) is 11.3 Å². The highest BCUT2D eigenvalue weighted by Gasteiger charge is 2.22. The van der Waals surface area contributed by atoms with Gasteiger partial charge in [-0.1, -0.05) is 60.1 Å². The van der Waals surface area contributed by atoms with Crippen molar-refractivity contribution in [3.8, 4) is 11.3 Å². The van der Waals surface area contributed by atoms with Crippen LogP contribution in [0.25, 0.3) is 16.8 Å². The Morgan fingerprint density at radius 1 is 1.11 bits per heavy atom. The van der Waals surface area contributed by atoms with Crippen LogP contribution in [0.15, 0.2) is 66.1 Å². The number of esters is 1. The van der Waals surface area contributed by atoms with E-state index in [0.29, 0.717) is 21.4 Å². The molecular weight excluding hydrogens is 396 g/mol. The summed E-state index contributed by atoms with van der Waals surface area (Å²) in [5.41, 5.74) is 2.32. The molecule has 0 radical (unpaired) electrons. The number of methoxy groups -OCH3 is 1. The second-order valence-corrected chi connectivity index (χ2v) is 7.05. The maximum Gasteiger partial charge on any atom is 0.331 e. The van der Waals surface area contributed by atoms with Crippen molar-refractivity contribution in [3.63, 3.8) is 0 Å². The SMILES string of the molecule is COC(=O)/C=C(\C(=O)N(C)c1nc(-c2ccccc2Cl)cs1)c1ccccc1. The first-order valence-corrected chi connectivity index (χ1v) is 9.60. The van der Waals surface area contributed by atoms with Crippen molar-refractivity contribution in [1.29, 1.82) is 0 Å². The molecule has 2 aromatic carbocycles. The standard InChI is InChI=1S/C21H17ClN2O3S/c1-24(21-23-18(13-28-21)15-10-6-7-11-17(15)22)20(26)16(12-19(25)27-2)14-8-4-3-5-9-14/h3-13H,1-2H3/b16-12-. The van der Waals surface area contributed by atoms with Crippen LogP contribution in [0.1, 0.15) is 5.56 Å². The van der Waals surface area contributed by atoms with Crippen molar-refractivity contribution in [2.75, 3.05) is 19.1 Å². The summed E-state index contributed by atoms with van der Waals surface area (Å²) in [6, 6.07) is 16.3. The Balaban J connectivity index is 1.93. The van der Waals surface area contributed by atoms with E-state index in [1.165, 1.54) is 29.4 Å². The smallest absolute Gasteiger partial charge is 0.331 e. The molecule has 1 aromatic heterocycles. The Morgan fingerprint density at radius 3 is 2.46 bits per heavy atom. The van der Waals surface area contributed by atoms with Gasteiger partial charge >= 0.3 is 5.97 Å². The third-order valence-electron chi connectivity index (χ3n) is 4.01. The van der Waals surface area contributed by atoms with Crippen molar-refractivity contribution in [1.82, 2.24) is 4.98 Å². The van der Waals surface area contributed by atoms with Gasteiger partial charge in [0.2, 0.25) is 0 Å². The van der Waals surface area contributed by atoms with Gasteiger partial charge in [-0.2, -0.15) is 0 Å². The van der Waals surface area contributed by atoms with Gasteiger partial charge in [-0.05, 0) is 11.6 Å². The van der Waals surface area contributed by atoms with Crippen LogP contribution in [-0.4, -0.2) is 31.0 Å². The van der Waals surface area contributed by atoms with Gasteiger partial charge in [-0.3, -0.25) is 9.69 Å². The lowest BCUT2D eigenvalue weighted by Gasteiger charge is -2.16. The van der Waals surface area contributed by atoms with Crippen LogP contribution in [0.2, 0.25) is 5.02 Å². The highest BCUT2D eigenvalue weighted by molar-refractivity contribution is 7.14. The zero-order chi connectivity index (χ0) is 20.1. The molecule has 0 aliphatic heterocycles. The van der Waals surface area contributed by atoms with E-state index in [2.05, 4.69) is 4.98 Å². The summed E-state index contributed by atoms with van der Waals surface area (Å²) < 4.78 is 4.70. The van der Waals surface area contributed by atoms with E-state index in [9.17, 15) is 9.59 Å². The van der Waals surface area contributed by atoms with Crippen LogP contribution in [0, 0.1) is 0 Å². The molecule has 0 bridgehead atoms. The monoisotopic (exact) mass is 412 g/mol. The number of thiazole rings is 1. The fourth-order valence-corrected chi connectivity index (χ4v) is 3.56. The number of anilines is 1. The molecule has 3 rings (SSSR count). The number of nitrogens with zero attached hydrogens (tertiary/aromatic N) is 2. The first-order chi connectivity index (χ1) is 13.5. The molecule has 0 fully saturated rings. The molecule has 0 aliphatic carbocycles. The molecule has 142 valence electrons. The molecule has 28 heavy (non-hydrogen) atoms. The molecule has 5 nitrogen and oxygen atoms in total. The van der Waals surface area contributed by atoms with E-state index in [-0.39, 0.29) is 11.5 Å². The Kier molecular flexibility index (Phi) is 6.23. The Morgan fingerprint density at radius 2 is 1.79 bits per heavy atom.